The smallest absolute Gasteiger partial charge is 0.326 e. The summed E-state index contributed by atoms with van der Waals surface area (Å²) in [5.74, 6) is -1.73. The zero-order chi connectivity index (χ0) is 14.4. The minimum absolute atomic E-state index is 0.155. The summed E-state index contributed by atoms with van der Waals surface area (Å²) >= 11 is 2.99. The van der Waals surface area contributed by atoms with E-state index in [1.54, 1.807) is 0 Å². The lowest BCUT2D eigenvalue weighted by molar-refractivity contribution is -0.139. The number of aromatic nitrogens is 1. The van der Waals surface area contributed by atoms with Crippen molar-refractivity contribution in [3.63, 3.8) is 0 Å². The van der Waals surface area contributed by atoms with Crippen LogP contribution in [0.15, 0.2) is 21.5 Å². The number of aromatic amines is 1. The summed E-state index contributed by atoms with van der Waals surface area (Å²) in [6.07, 6.45) is 1.37. The zero-order valence-electron chi connectivity index (χ0n) is 10.1. The van der Waals surface area contributed by atoms with Crippen molar-refractivity contribution in [2.75, 3.05) is 13.7 Å². The molecule has 0 aliphatic heterocycles. The Hall–Kier alpha value is -1.67. The average molecular weight is 333 g/mol. The van der Waals surface area contributed by atoms with Crippen LogP contribution < -0.4 is 10.9 Å². The molecule has 0 aromatic carbocycles. The van der Waals surface area contributed by atoms with E-state index in [0.29, 0.717) is 0 Å². The first-order valence-corrected chi connectivity index (χ1v) is 6.16. The molecule has 1 rings (SSSR count). The highest BCUT2D eigenvalue weighted by Crippen LogP contribution is 2.06. The van der Waals surface area contributed by atoms with Crippen molar-refractivity contribution >= 4 is 27.8 Å². The number of ether oxygens (including phenoxy) is 1. The van der Waals surface area contributed by atoms with Gasteiger partial charge in [0.05, 0.1) is 10.0 Å². The van der Waals surface area contributed by atoms with Gasteiger partial charge < -0.3 is 20.1 Å². The summed E-state index contributed by atoms with van der Waals surface area (Å²) in [6, 6.07) is 0.279. The molecule has 0 spiro atoms. The molecule has 19 heavy (non-hydrogen) atoms. The highest BCUT2D eigenvalue weighted by Gasteiger charge is 2.20. The van der Waals surface area contributed by atoms with Crippen LogP contribution in [0.25, 0.3) is 0 Å². The number of hydrogen-bond donors (Lipinski definition) is 3. The quantitative estimate of drug-likeness (QED) is 0.696. The number of pyridine rings is 1. The number of amides is 1. The number of hydrogen-bond acceptors (Lipinski definition) is 4. The molecule has 1 atom stereocenters. The van der Waals surface area contributed by atoms with Gasteiger partial charge in [0, 0.05) is 26.3 Å². The van der Waals surface area contributed by atoms with Crippen molar-refractivity contribution in [1.29, 1.82) is 0 Å². The number of rotatable bonds is 6. The van der Waals surface area contributed by atoms with Gasteiger partial charge >= 0.3 is 5.97 Å². The number of nitrogens with one attached hydrogen (secondary N) is 2. The van der Waals surface area contributed by atoms with Crippen LogP contribution in [0.1, 0.15) is 16.8 Å². The average Bonchev–Trinajstić information content (AvgIpc) is 2.37. The Morgan fingerprint density at radius 1 is 1.58 bits per heavy atom. The third kappa shape index (κ3) is 4.49. The van der Waals surface area contributed by atoms with Gasteiger partial charge in [0.1, 0.15) is 6.04 Å². The number of carboxylic acid groups (broad SMARTS) is 1. The molecule has 1 unspecified atom stereocenters. The van der Waals surface area contributed by atoms with Gasteiger partial charge in [0.2, 0.25) is 0 Å². The number of H-pyrrole nitrogens is 1. The maximum Gasteiger partial charge on any atom is 0.326 e. The number of methoxy groups -OCH3 is 1. The molecular formula is C11H13BrN2O5. The lowest BCUT2D eigenvalue weighted by Crippen LogP contribution is -2.41. The van der Waals surface area contributed by atoms with Crippen LogP contribution in [-0.2, 0) is 9.53 Å². The largest absolute Gasteiger partial charge is 0.480 e. The molecule has 1 aromatic rings. The first kappa shape index (κ1) is 15.4. The van der Waals surface area contributed by atoms with E-state index >= 15 is 0 Å². The predicted octanol–water partition coefficient (Wildman–Crippen LogP) is 0.357. The van der Waals surface area contributed by atoms with E-state index in [1.165, 1.54) is 19.4 Å². The van der Waals surface area contributed by atoms with Crippen molar-refractivity contribution in [1.82, 2.24) is 10.3 Å². The van der Waals surface area contributed by atoms with Crippen LogP contribution in [0, 0.1) is 0 Å². The zero-order valence-corrected chi connectivity index (χ0v) is 11.7. The molecule has 8 heteroatoms. The predicted molar refractivity (Wildman–Crippen MR) is 70.1 cm³/mol. The fourth-order valence-electron chi connectivity index (χ4n) is 1.32. The topological polar surface area (TPSA) is 108 Å². The molecule has 7 nitrogen and oxygen atoms in total. The lowest BCUT2D eigenvalue weighted by atomic mass is 10.2. The van der Waals surface area contributed by atoms with Crippen LogP contribution in [-0.4, -0.2) is 41.7 Å². The van der Waals surface area contributed by atoms with Crippen molar-refractivity contribution in [3.8, 4) is 0 Å². The number of carbonyl (C=O) groups excluding carboxylic acids is 1. The van der Waals surface area contributed by atoms with Crippen LogP contribution in [0.2, 0.25) is 0 Å². The first-order valence-electron chi connectivity index (χ1n) is 5.36. The van der Waals surface area contributed by atoms with E-state index in [0.717, 1.165) is 0 Å². The first-order chi connectivity index (χ1) is 8.95. The number of carbonyl (C=O) groups is 2. The Labute approximate surface area is 117 Å². The molecule has 1 heterocycles. The molecule has 1 amide bonds. The Morgan fingerprint density at radius 2 is 2.26 bits per heavy atom. The fourth-order valence-corrected chi connectivity index (χ4v) is 1.68. The van der Waals surface area contributed by atoms with E-state index < -0.39 is 17.9 Å². The van der Waals surface area contributed by atoms with Crippen molar-refractivity contribution in [3.05, 3.63) is 32.7 Å². The van der Waals surface area contributed by atoms with Gasteiger partial charge in [-0.15, -0.1) is 0 Å². The Bertz CT molecular complexity index is 528. The molecular weight excluding hydrogens is 320 g/mol. The molecule has 0 bridgehead atoms. The standard InChI is InChI=1S/C11H13BrN2O5/c1-19-3-2-8(11(17)18)14-9(15)6-4-7(12)10(16)13-5-6/h4-5,8H,2-3H2,1H3,(H,13,16)(H,14,15)(H,17,18). The van der Waals surface area contributed by atoms with Gasteiger partial charge in [-0.2, -0.15) is 0 Å². The summed E-state index contributed by atoms with van der Waals surface area (Å²) < 4.78 is 4.97. The van der Waals surface area contributed by atoms with E-state index in [2.05, 4.69) is 26.2 Å². The molecule has 104 valence electrons. The second-order valence-corrected chi connectivity index (χ2v) is 4.57. The van der Waals surface area contributed by atoms with Crippen LogP contribution >= 0.6 is 15.9 Å². The van der Waals surface area contributed by atoms with E-state index in [-0.39, 0.29) is 28.6 Å². The number of carboxylic acids is 1. The molecule has 0 aliphatic carbocycles. The van der Waals surface area contributed by atoms with E-state index in [1.807, 2.05) is 0 Å². The van der Waals surface area contributed by atoms with Crippen molar-refractivity contribution in [2.24, 2.45) is 0 Å². The highest BCUT2D eigenvalue weighted by atomic mass is 79.9. The van der Waals surface area contributed by atoms with Gasteiger partial charge in [-0.1, -0.05) is 0 Å². The SMILES string of the molecule is COCCC(NC(=O)c1c[nH]c(=O)c(Br)c1)C(=O)O. The summed E-state index contributed by atoms with van der Waals surface area (Å²) in [6.45, 7) is 0.215. The summed E-state index contributed by atoms with van der Waals surface area (Å²) in [5, 5.41) is 11.3. The Balaban J connectivity index is 2.78. The molecule has 0 radical (unpaired) electrons. The van der Waals surface area contributed by atoms with E-state index in [4.69, 9.17) is 9.84 Å². The summed E-state index contributed by atoms with van der Waals surface area (Å²) in [4.78, 5) is 36.3. The van der Waals surface area contributed by atoms with Crippen LogP contribution in [0.4, 0.5) is 0 Å². The van der Waals surface area contributed by atoms with Gasteiger partial charge in [-0.25, -0.2) is 4.79 Å². The van der Waals surface area contributed by atoms with Gasteiger partial charge in [-0.3, -0.25) is 9.59 Å². The molecule has 0 saturated carbocycles. The normalized spacial score (nSPS) is 11.9. The number of aliphatic carboxylic acids is 1. The second-order valence-electron chi connectivity index (χ2n) is 3.71. The third-order valence-corrected chi connectivity index (χ3v) is 2.92. The fraction of sp³-hybridized carbons (Fsp3) is 0.364. The van der Waals surface area contributed by atoms with Crippen molar-refractivity contribution in [2.45, 2.75) is 12.5 Å². The molecule has 1 aromatic heterocycles. The maximum absolute atomic E-state index is 11.8. The highest BCUT2D eigenvalue weighted by molar-refractivity contribution is 9.10. The van der Waals surface area contributed by atoms with Crippen LogP contribution in [0.3, 0.4) is 0 Å². The lowest BCUT2D eigenvalue weighted by Gasteiger charge is -2.13. The van der Waals surface area contributed by atoms with Gasteiger partial charge in [0.15, 0.2) is 0 Å². The minimum Gasteiger partial charge on any atom is -0.480 e. The van der Waals surface area contributed by atoms with Crippen molar-refractivity contribution < 1.29 is 19.4 Å². The molecule has 0 fully saturated rings. The minimum atomic E-state index is -1.14. The Kier molecular flexibility index (Phi) is 5.71. The number of halogens is 1. The maximum atomic E-state index is 11.8. The van der Waals surface area contributed by atoms with Crippen LogP contribution in [0.5, 0.6) is 0 Å². The second kappa shape index (κ2) is 7.05. The molecule has 0 saturated heterocycles. The van der Waals surface area contributed by atoms with E-state index in [9.17, 15) is 14.4 Å². The molecule has 0 aliphatic rings. The van der Waals surface area contributed by atoms with Gasteiger partial charge in [-0.05, 0) is 22.0 Å². The Morgan fingerprint density at radius 3 is 2.79 bits per heavy atom. The summed E-state index contributed by atoms with van der Waals surface area (Å²) in [7, 11) is 1.44. The molecule has 3 N–H and O–H groups in total. The third-order valence-electron chi connectivity index (χ3n) is 2.33. The monoisotopic (exact) mass is 332 g/mol. The summed E-state index contributed by atoms with van der Waals surface area (Å²) in [5.41, 5.74) is -0.208. The van der Waals surface area contributed by atoms with Gasteiger partial charge in [0.25, 0.3) is 11.5 Å².